The maximum atomic E-state index is 15.2. The van der Waals surface area contributed by atoms with Crippen LogP contribution in [-0.4, -0.2) is 63.6 Å². The van der Waals surface area contributed by atoms with Gasteiger partial charge in [-0.1, -0.05) is 0 Å². The van der Waals surface area contributed by atoms with Crippen LogP contribution in [0, 0.1) is 23.3 Å². The molecule has 1 fully saturated rings. The van der Waals surface area contributed by atoms with Crippen molar-refractivity contribution in [2.24, 2.45) is 0 Å². The highest BCUT2D eigenvalue weighted by atomic mass is 19.4. The second-order valence-corrected chi connectivity index (χ2v) is 9.07. The van der Waals surface area contributed by atoms with E-state index in [2.05, 4.69) is 10.1 Å². The molecule has 210 valence electrons. The van der Waals surface area contributed by atoms with Crippen molar-refractivity contribution in [1.82, 2.24) is 24.4 Å². The lowest BCUT2D eigenvalue weighted by atomic mass is 10.1. The third-order valence-electron chi connectivity index (χ3n) is 6.57. The summed E-state index contributed by atoms with van der Waals surface area (Å²) >= 11 is 0. The Morgan fingerprint density at radius 2 is 1.65 bits per heavy atom. The van der Waals surface area contributed by atoms with E-state index in [0.29, 0.717) is 11.8 Å². The van der Waals surface area contributed by atoms with E-state index in [9.17, 15) is 31.1 Å². The average Bonchev–Trinajstić information content (AvgIpc) is 3.33. The van der Waals surface area contributed by atoms with E-state index >= 15 is 4.39 Å². The molecule has 0 unspecified atom stereocenters. The number of amides is 1. The van der Waals surface area contributed by atoms with E-state index in [0.717, 1.165) is 12.3 Å². The van der Waals surface area contributed by atoms with Gasteiger partial charge >= 0.3 is 6.18 Å². The van der Waals surface area contributed by atoms with Gasteiger partial charge in [0.25, 0.3) is 5.91 Å². The van der Waals surface area contributed by atoms with Crippen molar-refractivity contribution in [3.05, 3.63) is 82.7 Å². The maximum Gasteiger partial charge on any atom is 0.436 e. The Kier molecular flexibility index (Phi) is 7.12. The number of carbonyl (C=O) groups excluding carboxylic acids is 1. The Bertz CT molecular complexity index is 1580. The van der Waals surface area contributed by atoms with Gasteiger partial charge in [-0.15, -0.1) is 0 Å². The molecular weight excluding hydrogens is 547 g/mol. The summed E-state index contributed by atoms with van der Waals surface area (Å²) in [5.41, 5.74) is -3.24. The number of hydrogen-bond donors (Lipinski definition) is 0. The van der Waals surface area contributed by atoms with Crippen LogP contribution in [0.15, 0.2) is 42.6 Å². The van der Waals surface area contributed by atoms with E-state index in [1.165, 1.54) is 36.3 Å². The van der Waals surface area contributed by atoms with Crippen molar-refractivity contribution in [3.8, 4) is 17.0 Å². The number of carbonyl (C=O) groups is 1. The molecule has 1 aliphatic heterocycles. The molecule has 0 radical (unpaired) electrons. The molecule has 2 aromatic heterocycles. The fourth-order valence-corrected chi connectivity index (χ4v) is 4.55. The van der Waals surface area contributed by atoms with E-state index in [1.54, 1.807) is 4.90 Å². The van der Waals surface area contributed by atoms with Crippen molar-refractivity contribution in [2.45, 2.75) is 12.7 Å². The molecule has 7 nitrogen and oxygen atoms in total. The minimum atomic E-state index is -5.16. The summed E-state index contributed by atoms with van der Waals surface area (Å²) in [6, 6.07) is 6.87. The number of rotatable bonds is 5. The third-order valence-corrected chi connectivity index (χ3v) is 6.57. The number of methoxy groups -OCH3 is 1. The Morgan fingerprint density at radius 3 is 2.27 bits per heavy atom. The molecule has 1 saturated heterocycles. The summed E-state index contributed by atoms with van der Waals surface area (Å²) in [6.07, 6.45) is -4.26. The minimum Gasteiger partial charge on any atom is -0.497 e. The topological polar surface area (TPSA) is 63.0 Å². The van der Waals surface area contributed by atoms with Gasteiger partial charge in [-0.25, -0.2) is 27.1 Å². The highest BCUT2D eigenvalue weighted by Gasteiger charge is 2.41. The summed E-state index contributed by atoms with van der Waals surface area (Å²) in [6.45, 7) is 0.424. The summed E-state index contributed by atoms with van der Waals surface area (Å²) < 4.78 is 103. The third kappa shape index (κ3) is 5.06. The van der Waals surface area contributed by atoms with E-state index < -0.39 is 52.4 Å². The Labute approximate surface area is 222 Å². The van der Waals surface area contributed by atoms with Crippen molar-refractivity contribution in [1.29, 1.82) is 0 Å². The fraction of sp³-hybridized carbons (Fsp3) is 0.269. The van der Waals surface area contributed by atoms with Crippen LogP contribution < -0.4 is 4.74 Å². The molecule has 14 heteroatoms. The first-order valence-corrected chi connectivity index (χ1v) is 11.9. The standard InChI is InChI=1S/C26H20F7N5O2/c1-40-17-4-2-14(3-5-17)22-21(30)23(26(31,32)33)38-24(35-22)18(12-34-38)25(39)37-8-6-36(7-9-37)13-15-10-16(27)11-19(28)20(15)29/h2-5,10-12H,6-9,13H2,1H3. The van der Waals surface area contributed by atoms with Crippen molar-refractivity contribution >= 4 is 11.6 Å². The highest BCUT2D eigenvalue weighted by molar-refractivity contribution is 6.00. The predicted octanol–water partition coefficient (Wildman–Crippen LogP) is 4.94. The zero-order valence-corrected chi connectivity index (χ0v) is 20.8. The number of alkyl halides is 3. The predicted molar refractivity (Wildman–Crippen MR) is 127 cm³/mol. The number of halogens is 7. The largest absolute Gasteiger partial charge is 0.497 e. The van der Waals surface area contributed by atoms with Gasteiger partial charge in [0.05, 0.1) is 13.3 Å². The summed E-state index contributed by atoms with van der Waals surface area (Å²) in [5, 5.41) is 3.62. The lowest BCUT2D eigenvalue weighted by Gasteiger charge is -2.34. The molecular formula is C26H20F7N5O2. The first-order chi connectivity index (χ1) is 19.0. The first-order valence-electron chi connectivity index (χ1n) is 11.9. The van der Waals surface area contributed by atoms with Gasteiger partial charge in [0.15, 0.2) is 28.8 Å². The van der Waals surface area contributed by atoms with Gasteiger partial charge < -0.3 is 9.64 Å². The Hall–Kier alpha value is -4.20. The van der Waals surface area contributed by atoms with Gasteiger partial charge in [-0.05, 0) is 30.3 Å². The molecule has 0 aliphatic carbocycles. The summed E-state index contributed by atoms with van der Waals surface area (Å²) in [5.74, 6) is -5.35. The second kappa shape index (κ2) is 10.4. The number of nitrogens with zero attached hydrogens (tertiary/aromatic N) is 5. The van der Waals surface area contributed by atoms with Gasteiger partial charge in [0, 0.05) is 49.9 Å². The quantitative estimate of drug-likeness (QED) is 0.253. The molecule has 0 bridgehead atoms. The summed E-state index contributed by atoms with van der Waals surface area (Å²) in [7, 11) is 1.39. The van der Waals surface area contributed by atoms with Crippen molar-refractivity contribution < 1.29 is 40.3 Å². The zero-order valence-electron chi connectivity index (χ0n) is 20.8. The number of aromatic nitrogens is 3. The van der Waals surface area contributed by atoms with Crippen LogP contribution in [0.1, 0.15) is 21.6 Å². The maximum absolute atomic E-state index is 15.2. The fourth-order valence-electron chi connectivity index (χ4n) is 4.55. The van der Waals surface area contributed by atoms with Gasteiger partial charge in [0.1, 0.15) is 22.8 Å². The molecule has 1 amide bonds. The number of hydrogen-bond acceptors (Lipinski definition) is 5. The lowest BCUT2D eigenvalue weighted by molar-refractivity contribution is -0.145. The molecule has 0 atom stereocenters. The average molecular weight is 567 g/mol. The van der Waals surface area contributed by atoms with Gasteiger partial charge in [-0.2, -0.15) is 18.3 Å². The molecule has 1 aliphatic rings. The second-order valence-electron chi connectivity index (χ2n) is 9.07. The van der Waals surface area contributed by atoms with Gasteiger partial charge in [0.2, 0.25) is 0 Å². The Morgan fingerprint density at radius 1 is 0.975 bits per heavy atom. The molecule has 0 saturated carbocycles. The number of fused-ring (bicyclic) bond motifs is 1. The van der Waals surface area contributed by atoms with Crippen LogP contribution in [-0.2, 0) is 12.7 Å². The number of piperazine rings is 1. The zero-order chi connectivity index (χ0) is 28.8. The molecule has 40 heavy (non-hydrogen) atoms. The molecule has 0 spiro atoms. The van der Waals surface area contributed by atoms with Crippen LogP contribution in [0.3, 0.4) is 0 Å². The number of ether oxygens (including phenoxy) is 1. The van der Waals surface area contributed by atoms with E-state index in [1.807, 2.05) is 0 Å². The van der Waals surface area contributed by atoms with E-state index in [4.69, 9.17) is 4.74 Å². The van der Waals surface area contributed by atoms with Crippen LogP contribution >= 0.6 is 0 Å². The van der Waals surface area contributed by atoms with E-state index in [-0.39, 0.29) is 53.9 Å². The minimum absolute atomic E-state index is 0.0283. The Balaban J connectivity index is 1.43. The normalized spacial score (nSPS) is 14.7. The lowest BCUT2D eigenvalue weighted by Crippen LogP contribution is -2.48. The monoisotopic (exact) mass is 567 g/mol. The molecule has 4 aromatic rings. The smallest absolute Gasteiger partial charge is 0.436 e. The SMILES string of the molecule is COc1ccc(-c2nc3c(C(=O)N4CCN(Cc5cc(F)cc(F)c5F)CC4)cnn3c(C(F)(F)F)c2F)cc1. The molecule has 0 N–H and O–H groups in total. The van der Waals surface area contributed by atoms with Gasteiger partial charge in [-0.3, -0.25) is 9.69 Å². The highest BCUT2D eigenvalue weighted by Crippen LogP contribution is 2.36. The van der Waals surface area contributed by atoms with Crippen molar-refractivity contribution in [3.63, 3.8) is 0 Å². The van der Waals surface area contributed by atoms with Crippen LogP contribution in [0.25, 0.3) is 16.9 Å². The van der Waals surface area contributed by atoms with Crippen LogP contribution in [0.4, 0.5) is 30.7 Å². The molecule has 2 aromatic carbocycles. The molecule has 3 heterocycles. The number of benzene rings is 2. The van der Waals surface area contributed by atoms with Crippen molar-refractivity contribution in [2.75, 3.05) is 33.3 Å². The summed E-state index contributed by atoms with van der Waals surface area (Å²) in [4.78, 5) is 20.4. The molecule has 5 rings (SSSR count). The first kappa shape index (κ1) is 27.4. The van der Waals surface area contributed by atoms with Crippen LogP contribution in [0.5, 0.6) is 5.75 Å². The van der Waals surface area contributed by atoms with Crippen LogP contribution in [0.2, 0.25) is 0 Å².